The minimum Gasteiger partial charge on any atom is -0.381 e. The van der Waals surface area contributed by atoms with Crippen LogP contribution in [-0.4, -0.2) is 9.97 Å². The summed E-state index contributed by atoms with van der Waals surface area (Å²) in [5, 5.41) is 13.2. The number of aromatic amines is 1. The second-order valence-corrected chi connectivity index (χ2v) is 4.26. The maximum atomic E-state index is 8.75. The third-order valence-corrected chi connectivity index (χ3v) is 3.03. The Bertz CT molecular complexity index is 735. The van der Waals surface area contributed by atoms with E-state index in [1.165, 1.54) is 5.56 Å². The summed E-state index contributed by atoms with van der Waals surface area (Å²) >= 11 is 0. The number of hydrogen-bond acceptors (Lipinski definition) is 3. The summed E-state index contributed by atoms with van der Waals surface area (Å²) < 4.78 is 0. The number of fused-ring (bicyclic) bond motifs is 1. The number of benzene rings is 1. The number of nitriles is 1. The summed E-state index contributed by atoms with van der Waals surface area (Å²) in [6.45, 7) is 0.720. The van der Waals surface area contributed by atoms with Crippen LogP contribution in [0, 0.1) is 11.3 Å². The fourth-order valence-corrected chi connectivity index (χ4v) is 2.02. The van der Waals surface area contributed by atoms with Gasteiger partial charge < -0.3 is 10.3 Å². The van der Waals surface area contributed by atoms with Crippen molar-refractivity contribution in [1.29, 1.82) is 5.26 Å². The highest BCUT2D eigenvalue weighted by molar-refractivity contribution is 5.79. The number of nitrogens with one attached hydrogen (secondary N) is 2. The van der Waals surface area contributed by atoms with Crippen molar-refractivity contribution in [3.05, 3.63) is 59.9 Å². The van der Waals surface area contributed by atoms with Gasteiger partial charge in [0.1, 0.15) is 5.65 Å². The Morgan fingerprint density at radius 3 is 2.84 bits per heavy atom. The molecule has 0 atom stereocenters. The van der Waals surface area contributed by atoms with E-state index in [9.17, 15) is 0 Å². The molecule has 4 heteroatoms. The molecule has 0 amide bonds. The summed E-state index contributed by atoms with van der Waals surface area (Å²) in [5.41, 5.74) is 3.74. The van der Waals surface area contributed by atoms with Gasteiger partial charge in [0, 0.05) is 30.0 Å². The van der Waals surface area contributed by atoms with Crippen LogP contribution in [0.15, 0.2) is 48.8 Å². The van der Waals surface area contributed by atoms with Gasteiger partial charge in [-0.25, -0.2) is 4.98 Å². The number of H-pyrrole nitrogens is 1. The molecule has 2 heterocycles. The lowest BCUT2D eigenvalue weighted by atomic mass is 10.2. The molecule has 0 bridgehead atoms. The van der Waals surface area contributed by atoms with Gasteiger partial charge in [-0.2, -0.15) is 5.26 Å². The molecule has 3 rings (SSSR count). The quantitative estimate of drug-likeness (QED) is 0.748. The van der Waals surface area contributed by atoms with Gasteiger partial charge in [-0.05, 0) is 42.0 Å². The Balaban J connectivity index is 1.77. The second kappa shape index (κ2) is 4.83. The van der Waals surface area contributed by atoms with Crippen LogP contribution in [0.4, 0.5) is 5.69 Å². The van der Waals surface area contributed by atoms with Gasteiger partial charge in [0.15, 0.2) is 0 Å². The van der Waals surface area contributed by atoms with Crippen molar-refractivity contribution in [2.24, 2.45) is 0 Å². The first-order valence-electron chi connectivity index (χ1n) is 6.02. The monoisotopic (exact) mass is 248 g/mol. The lowest BCUT2D eigenvalue weighted by Gasteiger charge is -2.05. The topological polar surface area (TPSA) is 64.5 Å². The van der Waals surface area contributed by atoms with Crippen LogP contribution in [0.2, 0.25) is 0 Å². The normalized spacial score (nSPS) is 10.3. The number of anilines is 1. The van der Waals surface area contributed by atoms with Crippen molar-refractivity contribution in [1.82, 2.24) is 9.97 Å². The molecule has 92 valence electrons. The molecular formula is C15H12N4. The Morgan fingerprint density at radius 1 is 1.21 bits per heavy atom. The van der Waals surface area contributed by atoms with Gasteiger partial charge in [0.2, 0.25) is 0 Å². The minimum absolute atomic E-state index is 0.668. The molecule has 0 spiro atoms. The molecule has 2 N–H and O–H groups in total. The van der Waals surface area contributed by atoms with E-state index >= 15 is 0 Å². The van der Waals surface area contributed by atoms with Gasteiger partial charge in [-0.3, -0.25) is 0 Å². The van der Waals surface area contributed by atoms with Crippen LogP contribution >= 0.6 is 0 Å². The number of aromatic nitrogens is 2. The van der Waals surface area contributed by atoms with E-state index in [4.69, 9.17) is 5.26 Å². The third-order valence-electron chi connectivity index (χ3n) is 3.03. The van der Waals surface area contributed by atoms with Crippen LogP contribution in [0.25, 0.3) is 11.0 Å². The summed E-state index contributed by atoms with van der Waals surface area (Å²) in [5.74, 6) is 0. The van der Waals surface area contributed by atoms with Gasteiger partial charge in [0.25, 0.3) is 0 Å². The predicted octanol–water partition coefficient (Wildman–Crippen LogP) is 3.05. The van der Waals surface area contributed by atoms with Gasteiger partial charge in [-0.1, -0.05) is 0 Å². The summed E-state index contributed by atoms with van der Waals surface area (Å²) in [4.78, 5) is 7.41. The third kappa shape index (κ3) is 2.26. The zero-order valence-corrected chi connectivity index (χ0v) is 10.2. The van der Waals surface area contributed by atoms with E-state index < -0.39 is 0 Å². The molecule has 0 fully saturated rings. The smallest absolute Gasteiger partial charge is 0.137 e. The SMILES string of the molecule is N#Cc1ccc(NCc2c[nH]c3ncccc23)cc1. The number of pyridine rings is 1. The molecule has 0 aliphatic carbocycles. The number of hydrogen-bond donors (Lipinski definition) is 2. The van der Waals surface area contributed by atoms with Gasteiger partial charge in [-0.15, -0.1) is 0 Å². The Hall–Kier alpha value is -2.80. The summed E-state index contributed by atoms with van der Waals surface area (Å²) in [7, 11) is 0. The Labute approximate surface area is 110 Å². The molecule has 0 radical (unpaired) electrons. The first-order chi connectivity index (χ1) is 9.36. The largest absolute Gasteiger partial charge is 0.381 e. The second-order valence-electron chi connectivity index (χ2n) is 4.26. The lowest BCUT2D eigenvalue weighted by Crippen LogP contribution is -1.98. The minimum atomic E-state index is 0.668. The lowest BCUT2D eigenvalue weighted by molar-refractivity contribution is 1.16. The van der Waals surface area contributed by atoms with E-state index in [0.717, 1.165) is 23.3 Å². The Morgan fingerprint density at radius 2 is 2.05 bits per heavy atom. The highest BCUT2D eigenvalue weighted by Crippen LogP contribution is 2.17. The van der Waals surface area contributed by atoms with Crippen molar-refractivity contribution in [3.63, 3.8) is 0 Å². The fourth-order valence-electron chi connectivity index (χ4n) is 2.02. The molecular weight excluding hydrogens is 236 g/mol. The highest BCUT2D eigenvalue weighted by atomic mass is 14.9. The molecule has 0 saturated carbocycles. The summed E-state index contributed by atoms with van der Waals surface area (Å²) in [6.07, 6.45) is 3.74. The molecule has 0 aliphatic heterocycles. The highest BCUT2D eigenvalue weighted by Gasteiger charge is 2.03. The summed E-state index contributed by atoms with van der Waals surface area (Å²) in [6, 6.07) is 13.5. The van der Waals surface area contributed by atoms with Crippen molar-refractivity contribution in [3.8, 4) is 6.07 Å². The zero-order valence-electron chi connectivity index (χ0n) is 10.2. The maximum Gasteiger partial charge on any atom is 0.137 e. The molecule has 0 aliphatic rings. The molecule has 0 unspecified atom stereocenters. The van der Waals surface area contributed by atoms with Crippen molar-refractivity contribution in [2.75, 3.05) is 5.32 Å². The van der Waals surface area contributed by atoms with Gasteiger partial charge in [0.05, 0.1) is 11.6 Å². The molecule has 2 aromatic heterocycles. The van der Waals surface area contributed by atoms with Crippen molar-refractivity contribution in [2.45, 2.75) is 6.54 Å². The molecule has 1 aromatic carbocycles. The standard InChI is InChI=1S/C15H12N4/c16-8-11-3-5-13(6-4-11)18-9-12-10-19-15-14(12)2-1-7-17-15/h1-7,10,18H,9H2,(H,17,19). The first-order valence-corrected chi connectivity index (χ1v) is 6.02. The van der Waals surface area contributed by atoms with Gasteiger partial charge >= 0.3 is 0 Å². The van der Waals surface area contributed by atoms with E-state index in [2.05, 4.69) is 27.4 Å². The van der Waals surface area contributed by atoms with Crippen molar-refractivity contribution >= 4 is 16.7 Å². The van der Waals surface area contributed by atoms with E-state index in [-0.39, 0.29) is 0 Å². The predicted molar refractivity (Wildman–Crippen MR) is 74.6 cm³/mol. The number of nitrogens with zero attached hydrogens (tertiary/aromatic N) is 2. The average Bonchev–Trinajstić information content (AvgIpc) is 2.89. The Kier molecular flexibility index (Phi) is 2.87. The van der Waals surface area contributed by atoms with E-state index in [0.29, 0.717) is 5.56 Å². The van der Waals surface area contributed by atoms with Crippen LogP contribution in [-0.2, 0) is 6.54 Å². The maximum absolute atomic E-state index is 8.75. The fraction of sp³-hybridized carbons (Fsp3) is 0.0667. The van der Waals surface area contributed by atoms with E-state index in [1.54, 1.807) is 18.3 Å². The van der Waals surface area contributed by atoms with Crippen LogP contribution < -0.4 is 5.32 Å². The first kappa shape index (κ1) is 11.3. The molecule has 3 aromatic rings. The molecule has 19 heavy (non-hydrogen) atoms. The molecule has 4 nitrogen and oxygen atoms in total. The van der Waals surface area contributed by atoms with Crippen LogP contribution in [0.5, 0.6) is 0 Å². The molecule has 0 saturated heterocycles. The van der Waals surface area contributed by atoms with E-state index in [1.807, 2.05) is 24.4 Å². The number of rotatable bonds is 3. The van der Waals surface area contributed by atoms with Crippen LogP contribution in [0.1, 0.15) is 11.1 Å². The van der Waals surface area contributed by atoms with Crippen molar-refractivity contribution < 1.29 is 0 Å². The van der Waals surface area contributed by atoms with Crippen LogP contribution in [0.3, 0.4) is 0 Å². The zero-order chi connectivity index (χ0) is 13.1. The average molecular weight is 248 g/mol.